The third-order valence-electron chi connectivity index (χ3n) is 7.20. The number of amides is 1. The van der Waals surface area contributed by atoms with Crippen molar-refractivity contribution < 1.29 is 4.79 Å². The number of aromatic nitrogens is 3. The molecule has 1 atom stereocenters. The summed E-state index contributed by atoms with van der Waals surface area (Å²) in [5, 5.41) is 1.22. The third kappa shape index (κ3) is 3.44. The SMILES string of the molecule is CCn1c(-c2nc3cc(C(=O)N4CCC(N)C4)ccn3c2C)c(-c2ccccc2)c2ccccc21. The van der Waals surface area contributed by atoms with Crippen LogP contribution in [0.5, 0.6) is 0 Å². The standard InChI is InChI=1S/C29H29N5O/c1-3-33-24-12-8-7-11-23(24)26(20-9-5-4-6-10-20)28(33)27-19(2)34-16-13-21(17-25(34)31-27)29(35)32-15-14-22(30)18-32/h4-13,16-17,22H,3,14-15,18,30H2,1-2H3. The maximum atomic E-state index is 13.1. The first-order valence-corrected chi connectivity index (χ1v) is 12.3. The van der Waals surface area contributed by atoms with E-state index in [9.17, 15) is 4.79 Å². The molecule has 1 aliphatic rings. The van der Waals surface area contributed by atoms with E-state index in [1.807, 2.05) is 29.3 Å². The van der Waals surface area contributed by atoms with Crippen molar-refractivity contribution in [2.75, 3.05) is 13.1 Å². The van der Waals surface area contributed by atoms with E-state index in [1.165, 1.54) is 22.0 Å². The van der Waals surface area contributed by atoms with Gasteiger partial charge in [0.25, 0.3) is 5.91 Å². The molecule has 6 nitrogen and oxygen atoms in total. The predicted molar refractivity (Wildman–Crippen MR) is 140 cm³/mol. The zero-order valence-corrected chi connectivity index (χ0v) is 20.1. The summed E-state index contributed by atoms with van der Waals surface area (Å²) < 4.78 is 4.43. The Labute approximate surface area is 204 Å². The number of carbonyl (C=O) groups is 1. The largest absolute Gasteiger partial charge is 0.339 e. The molecule has 35 heavy (non-hydrogen) atoms. The molecule has 2 N–H and O–H groups in total. The number of nitrogens with zero attached hydrogens (tertiary/aromatic N) is 4. The maximum Gasteiger partial charge on any atom is 0.254 e. The van der Waals surface area contributed by atoms with Gasteiger partial charge < -0.3 is 19.6 Å². The lowest BCUT2D eigenvalue weighted by Crippen LogP contribution is -2.31. The number of carbonyl (C=O) groups excluding carboxylic acids is 1. The fourth-order valence-electron chi connectivity index (χ4n) is 5.45. The first kappa shape index (κ1) is 21.6. The number of pyridine rings is 1. The Kier molecular flexibility index (Phi) is 5.19. The highest BCUT2D eigenvalue weighted by atomic mass is 16.2. The van der Waals surface area contributed by atoms with E-state index in [0.29, 0.717) is 18.7 Å². The number of benzene rings is 2. The van der Waals surface area contributed by atoms with Gasteiger partial charge in [0.05, 0.1) is 5.69 Å². The molecule has 0 saturated carbocycles. The molecule has 4 heterocycles. The lowest BCUT2D eigenvalue weighted by Gasteiger charge is -2.15. The second-order valence-electron chi connectivity index (χ2n) is 9.34. The van der Waals surface area contributed by atoms with Gasteiger partial charge in [0.15, 0.2) is 0 Å². The minimum absolute atomic E-state index is 0.0234. The molecule has 1 unspecified atom stereocenters. The molecular formula is C29H29N5O. The molecular weight excluding hydrogens is 434 g/mol. The highest BCUT2D eigenvalue weighted by Crippen LogP contribution is 2.41. The summed E-state index contributed by atoms with van der Waals surface area (Å²) in [6, 6.07) is 22.9. The lowest BCUT2D eigenvalue weighted by atomic mass is 10.00. The van der Waals surface area contributed by atoms with Gasteiger partial charge in [-0.05, 0) is 44.0 Å². The van der Waals surface area contributed by atoms with E-state index in [2.05, 4.69) is 71.3 Å². The van der Waals surface area contributed by atoms with Gasteiger partial charge in [-0.3, -0.25) is 4.79 Å². The highest BCUT2D eigenvalue weighted by Gasteiger charge is 2.26. The summed E-state index contributed by atoms with van der Waals surface area (Å²) in [5.41, 5.74) is 14.1. The second kappa shape index (κ2) is 8.40. The first-order valence-electron chi connectivity index (χ1n) is 12.3. The number of para-hydroxylation sites is 1. The van der Waals surface area contributed by atoms with Gasteiger partial charge in [-0.1, -0.05) is 48.5 Å². The third-order valence-corrected chi connectivity index (χ3v) is 7.20. The molecule has 0 radical (unpaired) electrons. The minimum Gasteiger partial charge on any atom is -0.339 e. The molecule has 6 rings (SSSR count). The van der Waals surface area contributed by atoms with Crippen molar-refractivity contribution in [3.63, 3.8) is 0 Å². The van der Waals surface area contributed by atoms with Gasteiger partial charge in [-0.25, -0.2) is 4.98 Å². The van der Waals surface area contributed by atoms with E-state index in [-0.39, 0.29) is 11.9 Å². The first-order chi connectivity index (χ1) is 17.1. The maximum absolute atomic E-state index is 13.1. The topological polar surface area (TPSA) is 68.6 Å². The molecule has 1 fully saturated rings. The quantitative estimate of drug-likeness (QED) is 0.402. The monoisotopic (exact) mass is 463 g/mol. The Morgan fingerprint density at radius 3 is 2.60 bits per heavy atom. The van der Waals surface area contributed by atoms with Crippen molar-refractivity contribution in [1.29, 1.82) is 0 Å². The Morgan fingerprint density at radius 1 is 1.09 bits per heavy atom. The fourth-order valence-corrected chi connectivity index (χ4v) is 5.45. The molecule has 6 heteroatoms. The number of imidazole rings is 1. The smallest absolute Gasteiger partial charge is 0.254 e. The van der Waals surface area contributed by atoms with Gasteiger partial charge in [0.1, 0.15) is 11.3 Å². The van der Waals surface area contributed by atoms with Crippen LogP contribution in [0.1, 0.15) is 29.4 Å². The number of likely N-dealkylation sites (tertiary alicyclic amines) is 1. The molecule has 3 aromatic heterocycles. The molecule has 1 saturated heterocycles. The van der Waals surface area contributed by atoms with Crippen LogP contribution in [-0.4, -0.2) is 43.9 Å². The van der Waals surface area contributed by atoms with Gasteiger partial charge in [0.2, 0.25) is 0 Å². The van der Waals surface area contributed by atoms with Crippen LogP contribution in [0.2, 0.25) is 0 Å². The Morgan fingerprint density at radius 2 is 1.86 bits per heavy atom. The van der Waals surface area contributed by atoms with Gasteiger partial charge >= 0.3 is 0 Å². The number of nitrogens with two attached hydrogens (primary N) is 1. The van der Waals surface area contributed by atoms with Crippen molar-refractivity contribution in [3.05, 3.63) is 84.2 Å². The molecule has 5 aromatic rings. The average molecular weight is 464 g/mol. The molecule has 1 aliphatic heterocycles. The lowest BCUT2D eigenvalue weighted by molar-refractivity contribution is 0.0791. The van der Waals surface area contributed by atoms with E-state index >= 15 is 0 Å². The summed E-state index contributed by atoms with van der Waals surface area (Å²) in [4.78, 5) is 20.0. The zero-order chi connectivity index (χ0) is 24.1. The van der Waals surface area contributed by atoms with Crippen molar-refractivity contribution in [3.8, 4) is 22.5 Å². The number of aryl methyl sites for hydroxylation is 2. The van der Waals surface area contributed by atoms with Crippen LogP contribution in [0.15, 0.2) is 72.9 Å². The molecule has 0 bridgehead atoms. The summed E-state index contributed by atoms with van der Waals surface area (Å²) in [5.74, 6) is 0.0234. The predicted octanol–water partition coefficient (Wildman–Crippen LogP) is 5.12. The molecule has 176 valence electrons. The van der Waals surface area contributed by atoms with Crippen molar-refractivity contribution in [2.24, 2.45) is 5.73 Å². The normalized spacial score (nSPS) is 16.0. The Bertz CT molecular complexity index is 1560. The summed E-state index contributed by atoms with van der Waals surface area (Å²) in [7, 11) is 0. The van der Waals surface area contributed by atoms with Crippen molar-refractivity contribution in [2.45, 2.75) is 32.9 Å². The average Bonchev–Trinajstić information content (AvgIpc) is 3.57. The van der Waals surface area contributed by atoms with Gasteiger partial charge in [0, 0.05) is 59.6 Å². The highest BCUT2D eigenvalue weighted by molar-refractivity contribution is 6.04. The molecule has 0 spiro atoms. The minimum atomic E-state index is 0.0234. The van der Waals surface area contributed by atoms with Crippen molar-refractivity contribution >= 4 is 22.5 Å². The van der Waals surface area contributed by atoms with E-state index in [4.69, 9.17) is 10.7 Å². The Balaban J connectivity index is 1.55. The van der Waals surface area contributed by atoms with Crippen LogP contribution in [-0.2, 0) is 6.54 Å². The van der Waals surface area contributed by atoms with E-state index < -0.39 is 0 Å². The van der Waals surface area contributed by atoms with Crippen LogP contribution in [0.4, 0.5) is 0 Å². The molecule has 0 aliphatic carbocycles. The van der Waals surface area contributed by atoms with Gasteiger partial charge in [-0.2, -0.15) is 0 Å². The van der Waals surface area contributed by atoms with Crippen molar-refractivity contribution in [1.82, 2.24) is 18.9 Å². The number of fused-ring (bicyclic) bond motifs is 2. The molecule has 1 amide bonds. The Hall–Kier alpha value is -3.90. The van der Waals surface area contributed by atoms with E-state index in [1.54, 1.807) is 0 Å². The second-order valence-corrected chi connectivity index (χ2v) is 9.34. The zero-order valence-electron chi connectivity index (χ0n) is 20.1. The van der Waals surface area contributed by atoms with Crippen LogP contribution in [0.3, 0.4) is 0 Å². The summed E-state index contributed by atoms with van der Waals surface area (Å²) in [6.45, 7) is 6.42. The van der Waals surface area contributed by atoms with Crippen LogP contribution < -0.4 is 5.73 Å². The van der Waals surface area contributed by atoms with Crippen LogP contribution in [0, 0.1) is 6.92 Å². The summed E-state index contributed by atoms with van der Waals surface area (Å²) >= 11 is 0. The number of rotatable bonds is 4. The number of hydrogen-bond acceptors (Lipinski definition) is 3. The van der Waals surface area contributed by atoms with E-state index in [0.717, 1.165) is 35.7 Å². The van der Waals surface area contributed by atoms with Gasteiger partial charge in [-0.15, -0.1) is 0 Å². The van der Waals surface area contributed by atoms with Crippen LogP contribution in [0.25, 0.3) is 39.1 Å². The molecule has 2 aromatic carbocycles. The summed E-state index contributed by atoms with van der Waals surface area (Å²) in [6.07, 6.45) is 2.82. The van der Waals surface area contributed by atoms with Crippen LogP contribution >= 0.6 is 0 Å². The number of hydrogen-bond donors (Lipinski definition) is 1. The fraction of sp³-hybridized carbons (Fsp3) is 0.241.